The molecule has 2 aromatic carbocycles. The van der Waals surface area contributed by atoms with Crippen LogP contribution in [0.3, 0.4) is 0 Å². The second-order valence-corrected chi connectivity index (χ2v) is 8.32. The van der Waals surface area contributed by atoms with Gasteiger partial charge < -0.3 is 14.8 Å². The molecule has 0 unspecified atom stereocenters. The summed E-state index contributed by atoms with van der Waals surface area (Å²) < 4.78 is 50.0. The molecule has 1 amide bonds. The van der Waals surface area contributed by atoms with Crippen LogP contribution in [0.4, 0.5) is 10.1 Å². The number of rotatable bonds is 6. The van der Waals surface area contributed by atoms with E-state index in [1.54, 1.807) is 25.1 Å². The summed E-state index contributed by atoms with van der Waals surface area (Å²) in [7, 11) is -3.85. The molecule has 1 aliphatic rings. The van der Waals surface area contributed by atoms with Gasteiger partial charge in [-0.1, -0.05) is 18.2 Å². The summed E-state index contributed by atoms with van der Waals surface area (Å²) in [6.45, 7) is 2.16. The Labute approximate surface area is 163 Å². The van der Waals surface area contributed by atoms with Gasteiger partial charge in [0.25, 0.3) is 0 Å². The first-order valence-electron chi connectivity index (χ1n) is 8.67. The molecule has 1 aliphatic heterocycles. The molecule has 1 atom stereocenters. The Bertz CT molecular complexity index is 980. The van der Waals surface area contributed by atoms with E-state index < -0.39 is 34.3 Å². The minimum atomic E-state index is -3.85. The van der Waals surface area contributed by atoms with E-state index in [2.05, 4.69) is 5.32 Å². The van der Waals surface area contributed by atoms with Crippen molar-refractivity contribution >= 4 is 21.6 Å². The Morgan fingerprint density at radius 1 is 1.18 bits per heavy atom. The van der Waals surface area contributed by atoms with E-state index >= 15 is 0 Å². The number of nitrogens with zero attached hydrogens (tertiary/aromatic N) is 1. The lowest BCUT2D eigenvalue weighted by molar-refractivity contribution is -0.120. The van der Waals surface area contributed by atoms with Crippen LogP contribution in [0, 0.1) is 5.82 Å². The molecule has 0 aromatic heterocycles. The summed E-state index contributed by atoms with van der Waals surface area (Å²) in [6.07, 6.45) is 0.928. The van der Waals surface area contributed by atoms with Crippen LogP contribution in [0.2, 0.25) is 0 Å². The van der Waals surface area contributed by atoms with Crippen LogP contribution in [-0.4, -0.2) is 40.3 Å². The van der Waals surface area contributed by atoms with Gasteiger partial charge in [-0.3, -0.25) is 9.10 Å². The first kappa shape index (κ1) is 19.9. The molecule has 3 rings (SSSR count). The van der Waals surface area contributed by atoms with Crippen LogP contribution in [0.1, 0.15) is 18.5 Å². The molecule has 150 valence electrons. The predicted molar refractivity (Wildman–Crippen MR) is 103 cm³/mol. The Balaban J connectivity index is 1.73. The number of fused-ring (bicyclic) bond motifs is 1. The van der Waals surface area contributed by atoms with Crippen LogP contribution in [-0.2, 0) is 14.8 Å². The van der Waals surface area contributed by atoms with Crippen LogP contribution in [0.25, 0.3) is 0 Å². The highest BCUT2D eigenvalue weighted by Gasteiger charge is 2.24. The van der Waals surface area contributed by atoms with Crippen molar-refractivity contribution in [2.45, 2.75) is 13.0 Å². The number of para-hydroxylation sites is 1. The average molecular weight is 408 g/mol. The summed E-state index contributed by atoms with van der Waals surface area (Å²) in [6, 6.07) is 10.3. The third-order valence-electron chi connectivity index (χ3n) is 4.25. The Kier molecular flexibility index (Phi) is 5.73. The van der Waals surface area contributed by atoms with E-state index in [1.165, 1.54) is 18.2 Å². The highest BCUT2D eigenvalue weighted by atomic mass is 32.2. The molecule has 7 nitrogen and oxygen atoms in total. The number of carbonyl (C=O) groups excluding carboxylic acids is 1. The van der Waals surface area contributed by atoms with Crippen molar-refractivity contribution in [3.8, 4) is 11.5 Å². The number of halogens is 1. The van der Waals surface area contributed by atoms with E-state index in [9.17, 15) is 17.6 Å². The van der Waals surface area contributed by atoms with Gasteiger partial charge >= 0.3 is 0 Å². The fourth-order valence-electron chi connectivity index (χ4n) is 2.87. The molecule has 0 radical (unpaired) electrons. The van der Waals surface area contributed by atoms with Crippen molar-refractivity contribution in [2.75, 3.05) is 30.3 Å². The Morgan fingerprint density at radius 2 is 1.86 bits per heavy atom. The molecule has 2 aromatic rings. The van der Waals surface area contributed by atoms with Crippen LogP contribution < -0.4 is 19.1 Å². The fraction of sp³-hybridized carbons (Fsp3) is 0.316. The molecular formula is C19H21FN2O5S. The maximum Gasteiger partial charge on any atom is 0.241 e. The molecule has 0 fully saturated rings. The molecule has 28 heavy (non-hydrogen) atoms. The molecule has 0 spiro atoms. The van der Waals surface area contributed by atoms with E-state index in [-0.39, 0.29) is 5.69 Å². The number of anilines is 1. The van der Waals surface area contributed by atoms with Gasteiger partial charge in [-0.25, -0.2) is 12.8 Å². The highest BCUT2D eigenvalue weighted by Crippen LogP contribution is 2.32. The maximum absolute atomic E-state index is 14.0. The molecule has 0 saturated heterocycles. The SMILES string of the molecule is C[C@H](NC(=O)CN(c1ccccc1F)S(C)(=O)=O)c1ccc2c(c1)OCCO2. The summed E-state index contributed by atoms with van der Waals surface area (Å²) in [5.74, 6) is -0.0537. The summed E-state index contributed by atoms with van der Waals surface area (Å²) in [5.41, 5.74) is 0.599. The van der Waals surface area contributed by atoms with Crippen molar-refractivity contribution < 1.29 is 27.1 Å². The van der Waals surface area contributed by atoms with Gasteiger partial charge in [0.15, 0.2) is 11.5 Å². The average Bonchev–Trinajstić information content (AvgIpc) is 2.65. The Morgan fingerprint density at radius 3 is 2.54 bits per heavy atom. The van der Waals surface area contributed by atoms with Gasteiger partial charge in [0.05, 0.1) is 18.0 Å². The van der Waals surface area contributed by atoms with Gasteiger partial charge in [-0.15, -0.1) is 0 Å². The zero-order valence-electron chi connectivity index (χ0n) is 15.5. The van der Waals surface area contributed by atoms with Crippen molar-refractivity contribution in [1.82, 2.24) is 5.32 Å². The monoisotopic (exact) mass is 408 g/mol. The number of hydrogen-bond donors (Lipinski definition) is 1. The van der Waals surface area contributed by atoms with Gasteiger partial charge in [0.1, 0.15) is 25.6 Å². The lowest BCUT2D eigenvalue weighted by Crippen LogP contribution is -2.41. The molecule has 1 heterocycles. The van der Waals surface area contributed by atoms with Gasteiger partial charge in [-0.2, -0.15) is 0 Å². The van der Waals surface area contributed by atoms with E-state index in [1.807, 2.05) is 0 Å². The normalized spacial score (nSPS) is 14.2. The third-order valence-corrected chi connectivity index (χ3v) is 5.38. The number of amides is 1. The van der Waals surface area contributed by atoms with E-state index in [0.717, 1.165) is 22.2 Å². The van der Waals surface area contributed by atoms with Gasteiger partial charge in [0, 0.05) is 0 Å². The summed E-state index contributed by atoms with van der Waals surface area (Å²) >= 11 is 0. The standard InChI is InChI=1S/C19H21FN2O5S/c1-13(14-7-8-17-18(11-14)27-10-9-26-17)21-19(23)12-22(28(2,24)25)16-6-4-3-5-15(16)20/h3-8,11,13H,9-10,12H2,1-2H3,(H,21,23)/t13-/m0/s1. The predicted octanol–water partition coefficient (Wildman–Crippen LogP) is 2.24. The summed E-state index contributed by atoms with van der Waals surface area (Å²) in [5, 5.41) is 2.73. The molecule has 1 N–H and O–H groups in total. The van der Waals surface area contributed by atoms with Crippen molar-refractivity contribution in [3.05, 3.63) is 53.8 Å². The minimum Gasteiger partial charge on any atom is -0.486 e. The van der Waals surface area contributed by atoms with Crippen molar-refractivity contribution in [2.24, 2.45) is 0 Å². The third kappa shape index (κ3) is 4.53. The zero-order valence-corrected chi connectivity index (χ0v) is 16.3. The number of benzene rings is 2. The number of sulfonamides is 1. The molecule has 0 aliphatic carbocycles. The number of nitrogens with one attached hydrogen (secondary N) is 1. The highest BCUT2D eigenvalue weighted by molar-refractivity contribution is 7.92. The van der Waals surface area contributed by atoms with E-state index in [0.29, 0.717) is 24.7 Å². The quantitative estimate of drug-likeness (QED) is 0.793. The smallest absolute Gasteiger partial charge is 0.241 e. The number of ether oxygens (including phenoxy) is 2. The maximum atomic E-state index is 14.0. The van der Waals surface area contributed by atoms with Crippen molar-refractivity contribution in [1.29, 1.82) is 0 Å². The number of carbonyl (C=O) groups is 1. The summed E-state index contributed by atoms with van der Waals surface area (Å²) in [4.78, 5) is 12.5. The first-order valence-corrected chi connectivity index (χ1v) is 10.5. The molecule has 9 heteroatoms. The van der Waals surface area contributed by atoms with Crippen molar-refractivity contribution in [3.63, 3.8) is 0 Å². The molecular weight excluding hydrogens is 387 g/mol. The topological polar surface area (TPSA) is 84.9 Å². The van der Waals surface area contributed by atoms with Gasteiger partial charge in [0.2, 0.25) is 15.9 Å². The largest absolute Gasteiger partial charge is 0.486 e. The fourth-order valence-corrected chi connectivity index (χ4v) is 3.72. The second-order valence-electron chi connectivity index (χ2n) is 6.41. The van der Waals surface area contributed by atoms with Crippen LogP contribution >= 0.6 is 0 Å². The van der Waals surface area contributed by atoms with Crippen LogP contribution in [0.15, 0.2) is 42.5 Å². The lowest BCUT2D eigenvalue weighted by atomic mass is 10.1. The molecule has 0 saturated carbocycles. The lowest BCUT2D eigenvalue weighted by Gasteiger charge is -2.24. The van der Waals surface area contributed by atoms with E-state index in [4.69, 9.17) is 9.47 Å². The van der Waals surface area contributed by atoms with Gasteiger partial charge in [-0.05, 0) is 36.8 Å². The number of hydrogen-bond acceptors (Lipinski definition) is 5. The Hall–Kier alpha value is -2.81. The zero-order chi connectivity index (χ0) is 20.3. The van der Waals surface area contributed by atoms with Crippen LogP contribution in [0.5, 0.6) is 11.5 Å². The molecule has 0 bridgehead atoms. The second kappa shape index (κ2) is 8.05. The first-order chi connectivity index (χ1) is 13.3. The minimum absolute atomic E-state index is 0.174.